The predicted molar refractivity (Wildman–Crippen MR) is 247 cm³/mol. The van der Waals surface area contributed by atoms with Gasteiger partial charge in [-0.05, 0) is 146 Å². The molecule has 0 spiro atoms. The third kappa shape index (κ3) is 10.2. The SMILES string of the molecule is C=C1C(=CC=C2CCC[C@]3(C)[C@@H]([C@H](C)C(CC(=O)C4(c5ccc(CCCC)cc5)CC4)OC(C)=O)CC[C@@H]23)C[C@@H](O[Si](C)(C)C(C)(C)C)C[C@@H]1O[Si](C)(C)C(C)(C)C. The first-order chi connectivity index (χ1) is 26.8. The molecule has 7 atom stereocenters. The summed E-state index contributed by atoms with van der Waals surface area (Å²) in [4.78, 5) is 26.9. The molecule has 0 saturated heterocycles. The van der Waals surface area contributed by atoms with Crippen LogP contribution in [-0.2, 0) is 35.0 Å². The lowest BCUT2D eigenvalue weighted by molar-refractivity contribution is -0.153. The van der Waals surface area contributed by atoms with Crippen LogP contribution in [0.3, 0.4) is 0 Å². The van der Waals surface area contributed by atoms with E-state index in [9.17, 15) is 9.59 Å². The monoisotopic (exact) mass is 831 g/mol. The van der Waals surface area contributed by atoms with Crippen molar-refractivity contribution in [2.45, 2.75) is 213 Å². The number of ether oxygens (including phenoxy) is 1. The van der Waals surface area contributed by atoms with Gasteiger partial charge in [0.25, 0.3) is 0 Å². The predicted octanol–water partition coefficient (Wildman–Crippen LogP) is 13.8. The van der Waals surface area contributed by atoms with Gasteiger partial charge >= 0.3 is 5.97 Å². The lowest BCUT2D eigenvalue weighted by Crippen LogP contribution is -2.49. The Morgan fingerprint density at radius 1 is 0.931 bits per heavy atom. The summed E-state index contributed by atoms with van der Waals surface area (Å²) in [6.45, 7) is 36.5. The molecule has 4 fully saturated rings. The quantitative estimate of drug-likeness (QED) is 0.130. The average molecular weight is 831 g/mol. The summed E-state index contributed by atoms with van der Waals surface area (Å²) in [6.07, 6.45) is 17.4. The van der Waals surface area contributed by atoms with Crippen molar-refractivity contribution < 1.29 is 23.2 Å². The Balaban J connectivity index is 1.36. The molecule has 0 heterocycles. The summed E-state index contributed by atoms with van der Waals surface area (Å²) in [5, 5.41) is 0.239. The van der Waals surface area contributed by atoms with Crippen LogP contribution >= 0.6 is 0 Å². The first-order valence-corrected chi connectivity index (χ1v) is 28.9. The van der Waals surface area contributed by atoms with Gasteiger partial charge in [-0.3, -0.25) is 9.59 Å². The molecule has 4 saturated carbocycles. The lowest BCUT2D eigenvalue weighted by atomic mass is 9.60. The maximum absolute atomic E-state index is 14.2. The fraction of sp³-hybridized carbons (Fsp3) is 0.725. The third-order valence-corrected chi connectivity index (χ3v) is 25.3. The van der Waals surface area contributed by atoms with E-state index in [1.807, 2.05) is 0 Å². The van der Waals surface area contributed by atoms with E-state index in [4.69, 9.17) is 20.2 Å². The fourth-order valence-electron chi connectivity index (χ4n) is 10.3. The number of allylic oxidation sites excluding steroid dienone is 3. The highest BCUT2D eigenvalue weighted by Gasteiger charge is 2.55. The van der Waals surface area contributed by atoms with Gasteiger partial charge in [0.2, 0.25) is 0 Å². The van der Waals surface area contributed by atoms with E-state index in [0.29, 0.717) is 18.3 Å². The zero-order valence-corrected chi connectivity index (χ0v) is 41.4. The van der Waals surface area contributed by atoms with Crippen LogP contribution in [0.5, 0.6) is 0 Å². The Bertz CT molecular complexity index is 1700. The van der Waals surface area contributed by atoms with E-state index in [1.54, 1.807) is 0 Å². The molecule has 0 N–H and O–H groups in total. The van der Waals surface area contributed by atoms with Crippen molar-refractivity contribution in [1.82, 2.24) is 0 Å². The van der Waals surface area contributed by atoms with Crippen LogP contribution in [-0.4, -0.2) is 46.7 Å². The molecule has 0 amide bonds. The molecule has 0 aromatic heterocycles. The first kappa shape index (κ1) is 47.0. The van der Waals surface area contributed by atoms with E-state index < -0.39 is 28.2 Å². The van der Waals surface area contributed by atoms with Gasteiger partial charge in [-0.15, -0.1) is 0 Å². The molecule has 1 aromatic rings. The molecule has 1 aromatic carbocycles. The van der Waals surface area contributed by atoms with Crippen LogP contribution in [0.2, 0.25) is 36.3 Å². The third-order valence-electron chi connectivity index (χ3n) is 16.3. The standard InChI is InChI=1S/C51H82O5Si2/c1-16-17-19-38-21-25-41(26-22-38)51(30-31-51)47(53)34-45(54-37(4)52)36(3)43-27-28-44-39(20-18-29-50(43,44)11)23-24-40-32-42(55-57(12,13)48(5,6)7)33-46(35(40)2)56-58(14,15)49(8,9)10/h21-26,36,42-46H,2,16-20,27-34H2,1,3-15H3/t36-,42+,43+,44-,45?,46-,50+/m0/s1. The molecule has 1 unspecified atom stereocenters. The number of hydrogen-bond donors (Lipinski definition) is 0. The van der Waals surface area contributed by atoms with Crippen molar-refractivity contribution >= 4 is 28.4 Å². The highest BCUT2D eigenvalue weighted by molar-refractivity contribution is 6.74. The smallest absolute Gasteiger partial charge is 0.302 e. The number of benzene rings is 1. The zero-order valence-electron chi connectivity index (χ0n) is 39.4. The van der Waals surface area contributed by atoms with E-state index >= 15 is 0 Å². The lowest BCUT2D eigenvalue weighted by Gasteiger charge is -2.46. The molecule has 0 bridgehead atoms. The van der Waals surface area contributed by atoms with E-state index in [0.717, 1.165) is 75.3 Å². The van der Waals surface area contributed by atoms with Gasteiger partial charge in [-0.1, -0.05) is 117 Å². The number of aryl methyl sites for hydroxylation is 1. The number of fused-ring (bicyclic) bond motifs is 1. The number of hydrogen-bond acceptors (Lipinski definition) is 5. The van der Waals surface area contributed by atoms with Crippen LogP contribution in [0.4, 0.5) is 0 Å². The van der Waals surface area contributed by atoms with Crippen molar-refractivity contribution in [1.29, 1.82) is 0 Å². The summed E-state index contributed by atoms with van der Waals surface area (Å²) in [6, 6.07) is 8.78. The average Bonchev–Trinajstić information content (AvgIpc) is 3.85. The molecule has 58 heavy (non-hydrogen) atoms. The number of esters is 1. The van der Waals surface area contributed by atoms with Crippen LogP contribution in [0.15, 0.2) is 59.7 Å². The van der Waals surface area contributed by atoms with E-state index in [-0.39, 0.29) is 45.4 Å². The van der Waals surface area contributed by atoms with Crippen LogP contribution < -0.4 is 0 Å². The fourth-order valence-corrected chi connectivity index (χ4v) is 13.0. The highest BCUT2D eigenvalue weighted by Crippen LogP contribution is 2.60. The summed E-state index contributed by atoms with van der Waals surface area (Å²) in [5.41, 5.74) is 6.07. The summed E-state index contributed by atoms with van der Waals surface area (Å²) in [5.74, 6) is 0.878. The summed E-state index contributed by atoms with van der Waals surface area (Å²) < 4.78 is 20.4. The van der Waals surface area contributed by atoms with Crippen LogP contribution in [0.25, 0.3) is 0 Å². The topological polar surface area (TPSA) is 61.8 Å². The molecule has 0 aliphatic heterocycles. The molecular weight excluding hydrogens is 749 g/mol. The normalized spacial score (nSPS) is 29.0. The zero-order chi connectivity index (χ0) is 43.1. The molecule has 4 aliphatic carbocycles. The molecule has 324 valence electrons. The molecular formula is C51H82O5Si2. The minimum Gasteiger partial charge on any atom is -0.462 e. The van der Waals surface area contributed by atoms with Crippen molar-refractivity contribution in [3.8, 4) is 0 Å². The Labute approximate surface area is 356 Å². The Kier molecular flexibility index (Phi) is 14.4. The van der Waals surface area contributed by atoms with Crippen molar-refractivity contribution in [2.75, 3.05) is 0 Å². The van der Waals surface area contributed by atoms with Gasteiger partial charge < -0.3 is 13.6 Å². The second-order valence-corrected chi connectivity index (χ2v) is 31.9. The van der Waals surface area contributed by atoms with Crippen LogP contribution in [0.1, 0.15) is 157 Å². The number of carbonyl (C=O) groups is 2. The maximum atomic E-state index is 14.2. The minimum absolute atomic E-state index is 0.0387. The number of unbranched alkanes of at least 4 members (excludes halogenated alkanes) is 1. The second-order valence-electron chi connectivity index (χ2n) is 22.4. The Morgan fingerprint density at radius 3 is 2.12 bits per heavy atom. The highest BCUT2D eigenvalue weighted by atomic mass is 28.4. The maximum Gasteiger partial charge on any atom is 0.302 e. The van der Waals surface area contributed by atoms with Gasteiger partial charge in [0.1, 0.15) is 11.9 Å². The number of carbonyl (C=O) groups excluding carboxylic acids is 2. The molecule has 4 aliphatic rings. The van der Waals surface area contributed by atoms with Crippen molar-refractivity contribution in [3.05, 3.63) is 70.8 Å². The summed E-state index contributed by atoms with van der Waals surface area (Å²) >= 11 is 0. The summed E-state index contributed by atoms with van der Waals surface area (Å²) in [7, 11) is -4.05. The van der Waals surface area contributed by atoms with Crippen LogP contribution in [0, 0.1) is 23.2 Å². The van der Waals surface area contributed by atoms with Gasteiger partial charge in [-0.2, -0.15) is 0 Å². The van der Waals surface area contributed by atoms with Gasteiger partial charge in [-0.25, -0.2) is 0 Å². The number of Topliss-reactive ketones (excluding diaryl/α,β-unsaturated/α-hetero) is 1. The number of ketones is 1. The van der Waals surface area contributed by atoms with Gasteiger partial charge in [0, 0.05) is 19.8 Å². The first-order valence-electron chi connectivity index (χ1n) is 23.1. The van der Waals surface area contributed by atoms with Crippen molar-refractivity contribution in [2.24, 2.45) is 23.2 Å². The van der Waals surface area contributed by atoms with E-state index in [2.05, 4.69) is 125 Å². The van der Waals surface area contributed by atoms with Gasteiger partial charge in [0.15, 0.2) is 16.6 Å². The minimum atomic E-state index is -2.05. The largest absolute Gasteiger partial charge is 0.462 e. The molecule has 7 heteroatoms. The van der Waals surface area contributed by atoms with E-state index in [1.165, 1.54) is 36.5 Å². The Morgan fingerprint density at radius 2 is 1.55 bits per heavy atom. The molecule has 5 nitrogen and oxygen atoms in total. The second kappa shape index (κ2) is 17.7. The Hall–Kier alpha value is -2.07. The number of rotatable bonds is 15. The molecule has 0 radical (unpaired) electrons. The van der Waals surface area contributed by atoms with Gasteiger partial charge in [0.05, 0.1) is 17.6 Å². The van der Waals surface area contributed by atoms with Crippen molar-refractivity contribution in [3.63, 3.8) is 0 Å². The molecule has 5 rings (SSSR count).